The molecule has 1 heterocycles. The second kappa shape index (κ2) is 3.88. The summed E-state index contributed by atoms with van der Waals surface area (Å²) in [5.74, 6) is -4.89. The van der Waals surface area contributed by atoms with E-state index in [1.165, 1.54) is 0 Å². The van der Waals surface area contributed by atoms with Gasteiger partial charge in [0.2, 0.25) is 0 Å². The first-order valence-electron chi connectivity index (χ1n) is 6.15. The van der Waals surface area contributed by atoms with Gasteiger partial charge in [0, 0.05) is 12.8 Å². The summed E-state index contributed by atoms with van der Waals surface area (Å²) in [4.78, 5) is 11.9. The molecule has 19 heavy (non-hydrogen) atoms. The number of ether oxygens (including phenoxy) is 1. The molecular weight excluding hydrogens is 282 g/mol. The predicted molar refractivity (Wildman–Crippen MR) is 58.9 cm³/mol. The molecule has 5 unspecified atom stereocenters. The van der Waals surface area contributed by atoms with Gasteiger partial charge >= 0.3 is 5.97 Å². The van der Waals surface area contributed by atoms with Gasteiger partial charge in [-0.05, 0) is 18.8 Å². The lowest BCUT2D eigenvalue weighted by molar-refractivity contribution is -0.162. The molecule has 2 aliphatic carbocycles. The molecule has 0 amide bonds. The van der Waals surface area contributed by atoms with E-state index in [1.807, 2.05) is 0 Å². The number of hydrogen-bond acceptors (Lipinski definition) is 5. The number of hydrogen-bond donors (Lipinski definition) is 0. The molecular formula is C11H14F2O5S. The van der Waals surface area contributed by atoms with Gasteiger partial charge in [-0.1, -0.05) is 0 Å². The molecule has 2 bridgehead atoms. The summed E-state index contributed by atoms with van der Waals surface area (Å²) in [5, 5.41) is -0.529. The Morgan fingerprint density at radius 3 is 2.74 bits per heavy atom. The van der Waals surface area contributed by atoms with Gasteiger partial charge in [0.1, 0.15) is 0 Å². The summed E-state index contributed by atoms with van der Waals surface area (Å²) >= 11 is 0. The molecule has 1 aliphatic heterocycles. The van der Waals surface area contributed by atoms with Crippen LogP contribution in [0, 0.1) is 17.8 Å². The van der Waals surface area contributed by atoms with E-state index in [2.05, 4.69) is 4.74 Å². The second-order valence-electron chi connectivity index (χ2n) is 5.69. The van der Waals surface area contributed by atoms with Crippen molar-refractivity contribution in [2.45, 2.75) is 37.0 Å². The molecule has 0 N–H and O–H groups in total. The summed E-state index contributed by atoms with van der Waals surface area (Å²) in [6.45, 7) is -0.323. The first-order chi connectivity index (χ1) is 8.69. The number of carbonyl (C=O) groups excluding carboxylic acids is 1. The number of rotatable bonds is 3. The van der Waals surface area contributed by atoms with E-state index in [-0.39, 0.29) is 11.8 Å². The van der Waals surface area contributed by atoms with Crippen molar-refractivity contribution in [1.29, 1.82) is 0 Å². The summed E-state index contributed by atoms with van der Waals surface area (Å²) < 4.78 is 58.2. The first kappa shape index (κ1) is 13.2. The molecule has 3 aliphatic rings. The summed E-state index contributed by atoms with van der Waals surface area (Å²) in [6.07, 6.45) is 0.245. The Labute approximate surface area is 109 Å². The van der Waals surface area contributed by atoms with Crippen molar-refractivity contribution in [2.75, 3.05) is 6.61 Å². The summed E-state index contributed by atoms with van der Waals surface area (Å²) in [5.41, 5.74) is 0. The average molecular weight is 296 g/mol. The van der Waals surface area contributed by atoms with Gasteiger partial charge in [0.15, 0.2) is 6.61 Å². The Kier molecular flexibility index (Phi) is 2.70. The summed E-state index contributed by atoms with van der Waals surface area (Å²) in [7, 11) is -3.60. The molecule has 108 valence electrons. The van der Waals surface area contributed by atoms with Crippen molar-refractivity contribution in [3.05, 3.63) is 0 Å². The maximum atomic E-state index is 12.7. The van der Waals surface area contributed by atoms with Crippen molar-refractivity contribution in [3.63, 3.8) is 0 Å². The summed E-state index contributed by atoms with van der Waals surface area (Å²) in [6, 6.07) is 0. The fraction of sp³-hybridized carbons (Fsp3) is 0.909. The van der Waals surface area contributed by atoms with Crippen molar-refractivity contribution in [1.82, 2.24) is 0 Å². The van der Waals surface area contributed by atoms with Crippen LogP contribution in [-0.4, -0.2) is 38.3 Å². The number of halogens is 2. The van der Waals surface area contributed by atoms with E-state index in [9.17, 15) is 22.0 Å². The minimum atomic E-state index is -3.60. The van der Waals surface area contributed by atoms with Crippen LogP contribution in [0.4, 0.5) is 8.78 Å². The average Bonchev–Trinajstić information content (AvgIpc) is 2.85. The lowest BCUT2D eigenvalue weighted by Crippen LogP contribution is -2.37. The quantitative estimate of drug-likeness (QED) is 0.572. The van der Waals surface area contributed by atoms with Crippen molar-refractivity contribution < 1.29 is 30.9 Å². The van der Waals surface area contributed by atoms with Crippen molar-refractivity contribution in [3.8, 4) is 0 Å². The van der Waals surface area contributed by atoms with Crippen LogP contribution in [0.2, 0.25) is 0 Å². The van der Waals surface area contributed by atoms with E-state index < -0.39 is 45.9 Å². The Bertz CT molecular complexity index is 512. The largest absolute Gasteiger partial charge is 0.459 e. The van der Waals surface area contributed by atoms with Gasteiger partial charge < -0.3 is 4.74 Å². The number of fused-ring (bicyclic) bond motifs is 1. The maximum absolute atomic E-state index is 12.7. The molecule has 0 aromatic carbocycles. The monoisotopic (exact) mass is 296 g/mol. The molecule has 2 saturated carbocycles. The third-order valence-corrected chi connectivity index (χ3v) is 6.00. The zero-order chi connectivity index (χ0) is 14.0. The Morgan fingerprint density at radius 1 is 1.42 bits per heavy atom. The minimum absolute atomic E-state index is 0.129. The molecule has 0 aromatic heterocycles. The minimum Gasteiger partial charge on any atom is -0.459 e. The van der Waals surface area contributed by atoms with Crippen LogP contribution in [0.1, 0.15) is 19.8 Å². The number of esters is 1. The first-order valence-corrected chi connectivity index (χ1v) is 7.63. The molecule has 0 aromatic rings. The van der Waals surface area contributed by atoms with Crippen molar-refractivity contribution in [2.24, 2.45) is 17.8 Å². The third kappa shape index (κ3) is 2.05. The Morgan fingerprint density at radius 2 is 2.11 bits per heavy atom. The van der Waals surface area contributed by atoms with Gasteiger partial charge in [0.05, 0.1) is 17.3 Å². The second-order valence-corrected chi connectivity index (χ2v) is 7.47. The molecule has 3 rings (SSSR count). The van der Waals surface area contributed by atoms with Gasteiger partial charge in [-0.25, -0.2) is 8.78 Å². The zero-order valence-electron chi connectivity index (χ0n) is 10.2. The van der Waals surface area contributed by atoms with Gasteiger partial charge in [-0.2, -0.15) is 8.42 Å². The highest BCUT2D eigenvalue weighted by Crippen LogP contribution is 2.57. The third-order valence-electron chi connectivity index (χ3n) is 4.23. The highest BCUT2D eigenvalue weighted by molar-refractivity contribution is 7.87. The van der Waals surface area contributed by atoms with Crippen LogP contribution in [0.5, 0.6) is 0 Å². The SMILES string of the molecule is CC(F)(F)COC(=O)C1C2CC3C1OS(=O)(=O)C3C2. The van der Waals surface area contributed by atoms with Crippen LogP contribution in [0.15, 0.2) is 0 Å². The molecule has 5 atom stereocenters. The lowest BCUT2D eigenvalue weighted by atomic mass is 9.86. The van der Waals surface area contributed by atoms with Crippen LogP contribution in [0.3, 0.4) is 0 Å². The van der Waals surface area contributed by atoms with E-state index in [0.29, 0.717) is 19.8 Å². The molecule has 0 radical (unpaired) electrons. The highest BCUT2D eigenvalue weighted by Gasteiger charge is 2.66. The molecule has 3 fully saturated rings. The Hall–Kier alpha value is -0.760. The predicted octanol–water partition coefficient (Wildman–Crippen LogP) is 0.938. The maximum Gasteiger partial charge on any atom is 0.312 e. The fourth-order valence-corrected chi connectivity index (χ4v) is 5.45. The number of carbonyl (C=O) groups is 1. The van der Waals surface area contributed by atoms with Crippen LogP contribution < -0.4 is 0 Å². The van der Waals surface area contributed by atoms with Crippen molar-refractivity contribution >= 4 is 16.1 Å². The van der Waals surface area contributed by atoms with Crippen LogP contribution in [-0.2, 0) is 23.8 Å². The standard InChI is InChI=1S/C11H14F2O5S/c1-11(12,13)4-17-10(14)8-5-2-6-7(3-5)19(15,16)18-9(6)8/h5-9H,2-4H2,1H3. The van der Waals surface area contributed by atoms with Crippen LogP contribution >= 0.6 is 0 Å². The van der Waals surface area contributed by atoms with Gasteiger partial charge in [0.25, 0.3) is 16.0 Å². The number of alkyl halides is 2. The van der Waals surface area contributed by atoms with E-state index >= 15 is 0 Å². The van der Waals surface area contributed by atoms with Crippen LogP contribution in [0.25, 0.3) is 0 Å². The van der Waals surface area contributed by atoms with Gasteiger partial charge in [-0.15, -0.1) is 0 Å². The van der Waals surface area contributed by atoms with E-state index in [1.54, 1.807) is 0 Å². The molecule has 5 nitrogen and oxygen atoms in total. The van der Waals surface area contributed by atoms with Gasteiger partial charge in [-0.3, -0.25) is 8.98 Å². The highest BCUT2D eigenvalue weighted by atomic mass is 32.2. The molecule has 1 saturated heterocycles. The smallest absolute Gasteiger partial charge is 0.312 e. The normalized spacial score (nSPS) is 42.6. The van der Waals surface area contributed by atoms with E-state index in [0.717, 1.165) is 0 Å². The molecule has 0 spiro atoms. The zero-order valence-corrected chi connectivity index (χ0v) is 11.0. The Balaban J connectivity index is 1.73. The topological polar surface area (TPSA) is 69.7 Å². The molecule has 8 heteroatoms. The fourth-order valence-electron chi connectivity index (χ4n) is 3.55. The van der Waals surface area contributed by atoms with E-state index in [4.69, 9.17) is 4.18 Å². The lowest BCUT2D eigenvalue weighted by Gasteiger charge is -2.23.